The van der Waals surface area contributed by atoms with Crippen molar-refractivity contribution in [1.82, 2.24) is 5.32 Å². The van der Waals surface area contributed by atoms with Gasteiger partial charge in [-0.15, -0.1) is 0 Å². The maximum Gasteiger partial charge on any atom is 0.0277 e. The van der Waals surface area contributed by atoms with E-state index in [0.717, 1.165) is 13.0 Å². The lowest BCUT2D eigenvalue weighted by atomic mass is 9.95. The highest BCUT2D eigenvalue weighted by Crippen LogP contribution is 2.11. The van der Waals surface area contributed by atoms with Crippen LogP contribution in [-0.4, -0.2) is 18.1 Å². The third kappa shape index (κ3) is 4.07. The minimum absolute atomic E-state index is 0.143. The fourth-order valence-electron chi connectivity index (χ4n) is 1.48. The van der Waals surface area contributed by atoms with E-state index in [-0.39, 0.29) is 5.54 Å². The minimum atomic E-state index is 0.143. The van der Waals surface area contributed by atoms with E-state index >= 15 is 0 Å². The second-order valence-electron chi connectivity index (χ2n) is 3.97. The quantitative estimate of drug-likeness (QED) is 0.642. The average molecular weight is 172 g/mol. The first-order valence-corrected chi connectivity index (χ1v) is 5.05. The van der Waals surface area contributed by atoms with Gasteiger partial charge in [0.25, 0.3) is 0 Å². The minimum Gasteiger partial charge on any atom is -0.329 e. The summed E-state index contributed by atoms with van der Waals surface area (Å²) in [4.78, 5) is 0. The number of rotatable bonds is 6. The van der Waals surface area contributed by atoms with Crippen LogP contribution in [0.4, 0.5) is 0 Å². The summed E-state index contributed by atoms with van der Waals surface area (Å²) in [5.74, 6) is 0. The van der Waals surface area contributed by atoms with E-state index in [1.807, 2.05) is 0 Å². The van der Waals surface area contributed by atoms with Crippen LogP contribution in [0.15, 0.2) is 0 Å². The molecule has 2 unspecified atom stereocenters. The number of nitrogens with one attached hydrogen (secondary N) is 1. The summed E-state index contributed by atoms with van der Waals surface area (Å²) in [6, 6.07) is 0.574. The van der Waals surface area contributed by atoms with Gasteiger partial charge in [0.1, 0.15) is 0 Å². The molecule has 3 N–H and O–H groups in total. The molecule has 0 heterocycles. The topological polar surface area (TPSA) is 38.0 Å². The molecule has 2 heteroatoms. The van der Waals surface area contributed by atoms with Crippen LogP contribution in [0.25, 0.3) is 0 Å². The molecule has 74 valence electrons. The van der Waals surface area contributed by atoms with Crippen molar-refractivity contribution < 1.29 is 0 Å². The van der Waals surface area contributed by atoms with Gasteiger partial charge in [-0.3, -0.25) is 0 Å². The first-order valence-electron chi connectivity index (χ1n) is 5.05. The lowest BCUT2D eigenvalue weighted by Crippen LogP contribution is -2.52. The van der Waals surface area contributed by atoms with Crippen LogP contribution in [0.3, 0.4) is 0 Å². The van der Waals surface area contributed by atoms with Gasteiger partial charge in [0.05, 0.1) is 0 Å². The summed E-state index contributed by atoms with van der Waals surface area (Å²) in [6.45, 7) is 9.55. The van der Waals surface area contributed by atoms with Gasteiger partial charge in [0.15, 0.2) is 0 Å². The summed E-state index contributed by atoms with van der Waals surface area (Å²) in [5.41, 5.74) is 5.88. The molecule has 0 aliphatic rings. The third-order valence-electron chi connectivity index (χ3n) is 2.46. The molecular formula is C10H24N2. The summed E-state index contributed by atoms with van der Waals surface area (Å²) < 4.78 is 0. The van der Waals surface area contributed by atoms with E-state index in [1.165, 1.54) is 12.8 Å². The molecule has 12 heavy (non-hydrogen) atoms. The normalized spacial score (nSPS) is 18.8. The number of hydrogen-bond donors (Lipinski definition) is 2. The molecule has 0 spiro atoms. The summed E-state index contributed by atoms with van der Waals surface area (Å²) in [7, 11) is 0. The Bertz CT molecular complexity index is 114. The van der Waals surface area contributed by atoms with Crippen molar-refractivity contribution in [2.24, 2.45) is 5.73 Å². The van der Waals surface area contributed by atoms with Crippen molar-refractivity contribution in [3.05, 3.63) is 0 Å². The molecule has 0 radical (unpaired) electrons. The molecular weight excluding hydrogens is 148 g/mol. The van der Waals surface area contributed by atoms with Gasteiger partial charge < -0.3 is 11.1 Å². The maximum atomic E-state index is 5.73. The maximum absolute atomic E-state index is 5.73. The van der Waals surface area contributed by atoms with Crippen LogP contribution in [0.1, 0.15) is 47.0 Å². The van der Waals surface area contributed by atoms with Crippen molar-refractivity contribution in [1.29, 1.82) is 0 Å². The Hall–Kier alpha value is -0.0800. The van der Waals surface area contributed by atoms with Crippen LogP contribution in [0, 0.1) is 0 Å². The molecule has 0 aromatic carbocycles. The molecule has 0 aliphatic heterocycles. The third-order valence-corrected chi connectivity index (χ3v) is 2.46. The summed E-state index contributed by atoms with van der Waals surface area (Å²) in [5, 5.41) is 3.57. The predicted molar refractivity (Wildman–Crippen MR) is 55.3 cm³/mol. The SMILES string of the molecule is CCCC(C)(CN)NC(C)CC. The van der Waals surface area contributed by atoms with Crippen LogP contribution in [-0.2, 0) is 0 Å². The Morgan fingerprint density at radius 2 is 2.00 bits per heavy atom. The Labute approximate surface area is 76.9 Å². The Kier molecular flexibility index (Phi) is 5.51. The first kappa shape index (κ1) is 11.9. The van der Waals surface area contributed by atoms with E-state index in [2.05, 4.69) is 33.0 Å². The molecule has 0 aromatic heterocycles. The standard InChI is InChI=1S/C10H24N2/c1-5-7-10(4,8-11)12-9(3)6-2/h9,12H,5-8,11H2,1-4H3. The second kappa shape index (κ2) is 5.55. The molecule has 0 bridgehead atoms. The zero-order valence-corrected chi connectivity index (χ0v) is 8.98. The molecule has 0 amide bonds. The largest absolute Gasteiger partial charge is 0.329 e. The van der Waals surface area contributed by atoms with Crippen LogP contribution in [0.5, 0.6) is 0 Å². The van der Waals surface area contributed by atoms with E-state index in [0.29, 0.717) is 6.04 Å². The van der Waals surface area contributed by atoms with Gasteiger partial charge >= 0.3 is 0 Å². The van der Waals surface area contributed by atoms with E-state index in [9.17, 15) is 0 Å². The molecule has 0 fully saturated rings. The van der Waals surface area contributed by atoms with E-state index < -0.39 is 0 Å². The number of hydrogen-bond acceptors (Lipinski definition) is 2. The summed E-state index contributed by atoms with van der Waals surface area (Å²) in [6.07, 6.45) is 3.52. The van der Waals surface area contributed by atoms with Gasteiger partial charge in [-0.2, -0.15) is 0 Å². The second-order valence-corrected chi connectivity index (χ2v) is 3.97. The smallest absolute Gasteiger partial charge is 0.0277 e. The lowest BCUT2D eigenvalue weighted by Gasteiger charge is -2.32. The molecule has 0 aromatic rings. The average Bonchev–Trinajstić information content (AvgIpc) is 2.05. The fourth-order valence-corrected chi connectivity index (χ4v) is 1.48. The zero-order valence-electron chi connectivity index (χ0n) is 8.98. The van der Waals surface area contributed by atoms with Gasteiger partial charge in [-0.05, 0) is 26.7 Å². The van der Waals surface area contributed by atoms with Gasteiger partial charge in [-0.25, -0.2) is 0 Å². The molecule has 0 saturated carbocycles. The Balaban J connectivity index is 3.94. The van der Waals surface area contributed by atoms with Crippen molar-refractivity contribution >= 4 is 0 Å². The highest BCUT2D eigenvalue weighted by atomic mass is 15.0. The fraction of sp³-hybridized carbons (Fsp3) is 1.00. The summed E-state index contributed by atoms with van der Waals surface area (Å²) >= 11 is 0. The number of nitrogens with two attached hydrogens (primary N) is 1. The van der Waals surface area contributed by atoms with Crippen molar-refractivity contribution in [2.45, 2.75) is 58.5 Å². The van der Waals surface area contributed by atoms with Crippen LogP contribution in [0.2, 0.25) is 0 Å². The highest BCUT2D eigenvalue weighted by Gasteiger charge is 2.21. The molecule has 0 saturated heterocycles. The zero-order chi connectivity index (χ0) is 9.61. The van der Waals surface area contributed by atoms with E-state index in [1.54, 1.807) is 0 Å². The van der Waals surface area contributed by atoms with Gasteiger partial charge in [0.2, 0.25) is 0 Å². The lowest BCUT2D eigenvalue weighted by molar-refractivity contribution is 0.298. The van der Waals surface area contributed by atoms with Gasteiger partial charge in [0, 0.05) is 18.1 Å². The van der Waals surface area contributed by atoms with Crippen LogP contribution >= 0.6 is 0 Å². The van der Waals surface area contributed by atoms with Crippen molar-refractivity contribution in [3.8, 4) is 0 Å². The van der Waals surface area contributed by atoms with E-state index in [4.69, 9.17) is 5.73 Å². The van der Waals surface area contributed by atoms with Crippen LogP contribution < -0.4 is 11.1 Å². The molecule has 0 rings (SSSR count). The predicted octanol–water partition coefficient (Wildman–Crippen LogP) is 1.89. The molecule has 2 nitrogen and oxygen atoms in total. The van der Waals surface area contributed by atoms with Gasteiger partial charge in [-0.1, -0.05) is 20.3 Å². The van der Waals surface area contributed by atoms with Crippen molar-refractivity contribution in [2.75, 3.05) is 6.54 Å². The Morgan fingerprint density at radius 3 is 2.33 bits per heavy atom. The Morgan fingerprint density at radius 1 is 1.42 bits per heavy atom. The highest BCUT2D eigenvalue weighted by molar-refractivity contribution is 4.85. The van der Waals surface area contributed by atoms with Crippen molar-refractivity contribution in [3.63, 3.8) is 0 Å². The molecule has 0 aliphatic carbocycles. The first-order chi connectivity index (χ1) is 5.58. The molecule has 2 atom stereocenters. The monoisotopic (exact) mass is 172 g/mol.